The molecule has 0 aliphatic rings. The molecule has 0 fully saturated rings. The Morgan fingerprint density at radius 3 is 3.00 bits per heavy atom. The summed E-state index contributed by atoms with van der Waals surface area (Å²) < 4.78 is 1.79. The minimum Gasteiger partial charge on any atom is -0.384 e. The largest absolute Gasteiger partial charge is 0.384 e. The van der Waals surface area contributed by atoms with Crippen molar-refractivity contribution in [2.75, 3.05) is 19.3 Å². The number of nitrogens with zero attached hydrogens (tertiary/aromatic N) is 2. The van der Waals surface area contributed by atoms with Crippen molar-refractivity contribution in [3.8, 4) is 0 Å². The van der Waals surface area contributed by atoms with Crippen molar-refractivity contribution in [1.29, 1.82) is 0 Å². The average Bonchev–Trinajstić information content (AvgIpc) is 2.60. The summed E-state index contributed by atoms with van der Waals surface area (Å²) in [6.07, 6.45) is 1.69. The minimum absolute atomic E-state index is 0.180. The first-order valence-corrected chi connectivity index (χ1v) is 5.45. The molecule has 1 rings (SSSR count). The molecule has 90 valence electrons. The van der Waals surface area contributed by atoms with Gasteiger partial charge in [0.15, 0.2) is 0 Å². The van der Waals surface area contributed by atoms with E-state index in [1.54, 1.807) is 11.7 Å². The van der Waals surface area contributed by atoms with E-state index in [1.807, 2.05) is 6.07 Å². The van der Waals surface area contributed by atoms with Gasteiger partial charge in [-0.2, -0.15) is 5.10 Å². The summed E-state index contributed by atoms with van der Waals surface area (Å²) in [5, 5.41) is 9.53. The maximum atomic E-state index is 10.9. The minimum atomic E-state index is -0.180. The summed E-state index contributed by atoms with van der Waals surface area (Å²) >= 11 is 0. The van der Waals surface area contributed by atoms with Crippen LogP contribution in [0.25, 0.3) is 0 Å². The zero-order chi connectivity index (χ0) is 12.0. The summed E-state index contributed by atoms with van der Waals surface area (Å²) in [4.78, 5) is 10.9. The molecule has 0 saturated heterocycles. The third kappa shape index (κ3) is 3.45. The lowest BCUT2D eigenvalue weighted by atomic mass is 10.3. The number of aromatic nitrogens is 2. The van der Waals surface area contributed by atoms with Crippen LogP contribution in [0.1, 0.15) is 19.0 Å². The first-order valence-electron chi connectivity index (χ1n) is 5.45. The topological polar surface area (TPSA) is 85.0 Å². The number of aryl methyl sites for hydroxylation is 1. The third-order valence-corrected chi connectivity index (χ3v) is 2.19. The lowest BCUT2D eigenvalue weighted by molar-refractivity contribution is 0.243. The van der Waals surface area contributed by atoms with Crippen LogP contribution in [0, 0.1) is 0 Å². The highest BCUT2D eigenvalue weighted by Gasteiger charge is 2.04. The van der Waals surface area contributed by atoms with Crippen molar-refractivity contribution in [2.24, 2.45) is 0 Å². The van der Waals surface area contributed by atoms with E-state index in [2.05, 4.69) is 22.7 Å². The highest BCUT2D eigenvalue weighted by atomic mass is 16.2. The fourth-order valence-corrected chi connectivity index (χ4v) is 1.39. The Kier molecular flexibility index (Phi) is 4.63. The van der Waals surface area contributed by atoms with Gasteiger partial charge in [0.05, 0.1) is 5.69 Å². The molecule has 0 spiro atoms. The molecule has 6 nitrogen and oxygen atoms in total. The Morgan fingerprint density at radius 2 is 2.38 bits per heavy atom. The van der Waals surface area contributed by atoms with Crippen LogP contribution < -0.4 is 16.4 Å². The van der Waals surface area contributed by atoms with Crippen LogP contribution in [0.15, 0.2) is 6.07 Å². The van der Waals surface area contributed by atoms with E-state index in [0.29, 0.717) is 18.8 Å². The Bertz CT molecular complexity index is 347. The predicted octanol–water partition coefficient (Wildman–Crippen LogP) is 0.347. The molecule has 0 atom stereocenters. The second-order valence-corrected chi connectivity index (χ2v) is 3.54. The molecule has 0 unspecified atom stereocenters. The van der Waals surface area contributed by atoms with Crippen LogP contribution in [0.3, 0.4) is 0 Å². The SMILES string of the molecule is CCCn1nc(CCNC(=O)NC)cc1N. The van der Waals surface area contributed by atoms with Gasteiger partial charge in [-0.15, -0.1) is 0 Å². The van der Waals surface area contributed by atoms with Gasteiger partial charge in [-0.3, -0.25) is 0 Å². The Morgan fingerprint density at radius 1 is 1.62 bits per heavy atom. The number of hydrogen-bond donors (Lipinski definition) is 3. The van der Waals surface area contributed by atoms with Crippen LogP contribution in [0.2, 0.25) is 0 Å². The highest BCUT2D eigenvalue weighted by molar-refractivity contribution is 5.73. The molecule has 6 heteroatoms. The molecule has 1 aromatic rings. The zero-order valence-electron chi connectivity index (χ0n) is 9.79. The van der Waals surface area contributed by atoms with E-state index in [0.717, 1.165) is 18.7 Å². The normalized spacial score (nSPS) is 10.1. The monoisotopic (exact) mass is 225 g/mol. The number of carbonyl (C=O) groups excluding carboxylic acids is 1. The number of anilines is 1. The zero-order valence-corrected chi connectivity index (χ0v) is 9.79. The second kappa shape index (κ2) is 5.99. The van der Waals surface area contributed by atoms with Gasteiger partial charge in [-0.05, 0) is 6.42 Å². The smallest absolute Gasteiger partial charge is 0.314 e. The highest BCUT2D eigenvalue weighted by Crippen LogP contribution is 2.07. The van der Waals surface area contributed by atoms with Crippen molar-refractivity contribution in [3.05, 3.63) is 11.8 Å². The maximum Gasteiger partial charge on any atom is 0.314 e. The van der Waals surface area contributed by atoms with Gasteiger partial charge in [-0.25, -0.2) is 9.48 Å². The standard InChI is InChI=1S/C10H19N5O/c1-3-6-15-9(11)7-8(14-15)4-5-13-10(16)12-2/h7H,3-6,11H2,1-2H3,(H2,12,13,16). The fraction of sp³-hybridized carbons (Fsp3) is 0.600. The van der Waals surface area contributed by atoms with E-state index in [9.17, 15) is 4.79 Å². The van der Waals surface area contributed by atoms with Gasteiger partial charge in [0.1, 0.15) is 5.82 Å². The molecule has 0 aromatic carbocycles. The number of rotatable bonds is 5. The second-order valence-electron chi connectivity index (χ2n) is 3.54. The number of urea groups is 1. The van der Waals surface area contributed by atoms with E-state index in [1.165, 1.54) is 0 Å². The summed E-state index contributed by atoms with van der Waals surface area (Å²) in [6.45, 7) is 3.46. The number of nitrogen functional groups attached to an aromatic ring is 1. The van der Waals surface area contributed by atoms with Gasteiger partial charge in [0, 0.05) is 32.6 Å². The average molecular weight is 225 g/mol. The van der Waals surface area contributed by atoms with Gasteiger partial charge < -0.3 is 16.4 Å². The van der Waals surface area contributed by atoms with E-state index >= 15 is 0 Å². The van der Waals surface area contributed by atoms with Crippen molar-refractivity contribution in [2.45, 2.75) is 26.3 Å². The summed E-state index contributed by atoms with van der Waals surface area (Å²) in [5.41, 5.74) is 6.69. The molecule has 0 saturated carbocycles. The van der Waals surface area contributed by atoms with Crippen LogP contribution in [0.4, 0.5) is 10.6 Å². The van der Waals surface area contributed by atoms with Gasteiger partial charge in [0.25, 0.3) is 0 Å². The van der Waals surface area contributed by atoms with Crippen LogP contribution in [-0.4, -0.2) is 29.4 Å². The molecule has 4 N–H and O–H groups in total. The lowest BCUT2D eigenvalue weighted by Gasteiger charge is -2.02. The Balaban J connectivity index is 2.42. The number of hydrogen-bond acceptors (Lipinski definition) is 3. The van der Waals surface area contributed by atoms with Crippen molar-refractivity contribution in [1.82, 2.24) is 20.4 Å². The summed E-state index contributed by atoms with van der Waals surface area (Å²) in [6, 6.07) is 1.67. The number of nitrogens with one attached hydrogen (secondary N) is 2. The van der Waals surface area contributed by atoms with Gasteiger partial charge in [0.2, 0.25) is 0 Å². The summed E-state index contributed by atoms with van der Waals surface area (Å²) in [7, 11) is 1.59. The number of carbonyl (C=O) groups is 1. The number of amides is 2. The van der Waals surface area contributed by atoms with E-state index < -0.39 is 0 Å². The van der Waals surface area contributed by atoms with Crippen LogP contribution >= 0.6 is 0 Å². The lowest BCUT2D eigenvalue weighted by Crippen LogP contribution is -2.34. The molecule has 1 aromatic heterocycles. The molecular formula is C10H19N5O. The summed E-state index contributed by atoms with van der Waals surface area (Å²) in [5.74, 6) is 0.678. The van der Waals surface area contributed by atoms with Crippen molar-refractivity contribution >= 4 is 11.8 Å². The molecule has 0 radical (unpaired) electrons. The van der Waals surface area contributed by atoms with Crippen LogP contribution in [0.5, 0.6) is 0 Å². The Hall–Kier alpha value is -1.72. The van der Waals surface area contributed by atoms with Crippen molar-refractivity contribution in [3.63, 3.8) is 0 Å². The van der Waals surface area contributed by atoms with Crippen molar-refractivity contribution < 1.29 is 4.79 Å². The maximum absolute atomic E-state index is 10.9. The van der Waals surface area contributed by atoms with Gasteiger partial charge in [-0.1, -0.05) is 6.92 Å². The van der Waals surface area contributed by atoms with E-state index in [-0.39, 0.29) is 6.03 Å². The molecule has 0 aliphatic carbocycles. The van der Waals surface area contributed by atoms with Gasteiger partial charge >= 0.3 is 6.03 Å². The molecule has 0 bridgehead atoms. The molecular weight excluding hydrogens is 206 g/mol. The first-order chi connectivity index (χ1) is 7.67. The van der Waals surface area contributed by atoms with E-state index in [4.69, 9.17) is 5.73 Å². The molecule has 2 amide bonds. The molecule has 1 heterocycles. The Labute approximate surface area is 95.2 Å². The first kappa shape index (κ1) is 12.4. The predicted molar refractivity (Wildman–Crippen MR) is 63.1 cm³/mol. The molecule has 0 aliphatic heterocycles. The number of nitrogens with two attached hydrogens (primary N) is 1. The third-order valence-electron chi connectivity index (χ3n) is 2.19. The quantitative estimate of drug-likeness (QED) is 0.676. The molecule has 16 heavy (non-hydrogen) atoms. The van der Waals surface area contributed by atoms with Crippen LogP contribution in [-0.2, 0) is 13.0 Å². The fourth-order valence-electron chi connectivity index (χ4n) is 1.39.